The van der Waals surface area contributed by atoms with Gasteiger partial charge in [0.2, 0.25) is 0 Å². The Kier molecular flexibility index (Phi) is 4.93. The molecule has 2 amide bonds. The summed E-state index contributed by atoms with van der Waals surface area (Å²) >= 11 is 0. The molecule has 0 fully saturated rings. The molecule has 2 rings (SSSR count). The third-order valence-corrected chi connectivity index (χ3v) is 3.59. The summed E-state index contributed by atoms with van der Waals surface area (Å²) in [5.41, 5.74) is 1.29. The number of carbonyl (C=O) groups is 1. The second-order valence-corrected chi connectivity index (χ2v) is 6.52. The van der Waals surface area contributed by atoms with Crippen LogP contribution in [0.3, 0.4) is 0 Å². The van der Waals surface area contributed by atoms with Gasteiger partial charge in [0.25, 0.3) is 0 Å². The average Bonchev–Trinajstić information content (AvgIpc) is 2.54. The van der Waals surface area contributed by atoms with E-state index in [1.54, 1.807) is 30.5 Å². The van der Waals surface area contributed by atoms with Crippen molar-refractivity contribution in [3.05, 3.63) is 48.3 Å². The van der Waals surface area contributed by atoms with E-state index in [2.05, 4.69) is 20.3 Å². The predicted octanol–water partition coefficient (Wildman–Crippen LogP) is 3.39. The van der Waals surface area contributed by atoms with Gasteiger partial charge in [-0.15, -0.1) is 0 Å². The number of pyridine rings is 1. The van der Waals surface area contributed by atoms with Crippen molar-refractivity contribution >= 4 is 11.7 Å². The minimum Gasteiger partial charge on any atom is -0.319 e. The molecule has 2 aromatic heterocycles. The Bertz CT molecular complexity index is 649. The van der Waals surface area contributed by atoms with Gasteiger partial charge in [-0.2, -0.15) is 0 Å². The van der Waals surface area contributed by atoms with Gasteiger partial charge in [0.1, 0.15) is 5.82 Å². The number of carbonyl (C=O) groups excluding carboxylic acids is 1. The fourth-order valence-corrected chi connectivity index (χ4v) is 1.99. The molecule has 23 heavy (non-hydrogen) atoms. The lowest BCUT2D eigenvalue weighted by atomic mass is 9.96. The molecule has 0 aliphatic rings. The summed E-state index contributed by atoms with van der Waals surface area (Å²) in [6, 6.07) is 5.30. The van der Waals surface area contributed by atoms with Crippen molar-refractivity contribution in [3.63, 3.8) is 0 Å². The molecule has 1 atom stereocenters. The number of hydrogen-bond acceptors (Lipinski definition) is 4. The molecule has 0 bridgehead atoms. The average molecular weight is 313 g/mol. The van der Waals surface area contributed by atoms with Crippen LogP contribution in [0.15, 0.2) is 36.8 Å². The van der Waals surface area contributed by atoms with Crippen molar-refractivity contribution in [2.75, 3.05) is 12.4 Å². The molecule has 122 valence electrons. The predicted molar refractivity (Wildman–Crippen MR) is 90.2 cm³/mol. The highest BCUT2D eigenvalue weighted by Crippen LogP contribution is 2.19. The van der Waals surface area contributed by atoms with Gasteiger partial charge in [-0.25, -0.2) is 14.8 Å². The second kappa shape index (κ2) is 6.73. The Morgan fingerprint density at radius 1 is 1.17 bits per heavy atom. The maximum absolute atomic E-state index is 12.3. The highest BCUT2D eigenvalue weighted by molar-refractivity contribution is 5.89. The fourth-order valence-electron chi connectivity index (χ4n) is 1.99. The van der Waals surface area contributed by atoms with Crippen LogP contribution in [-0.4, -0.2) is 32.9 Å². The van der Waals surface area contributed by atoms with Crippen molar-refractivity contribution in [1.29, 1.82) is 0 Å². The summed E-state index contributed by atoms with van der Waals surface area (Å²) in [7, 11) is 1.74. The molecule has 0 aromatic carbocycles. The van der Waals surface area contributed by atoms with Crippen LogP contribution in [0.2, 0.25) is 0 Å². The molecule has 2 heterocycles. The topological polar surface area (TPSA) is 71.0 Å². The number of hydrogen-bond donors (Lipinski definition) is 1. The molecule has 2 aromatic rings. The molecule has 0 aliphatic carbocycles. The third kappa shape index (κ3) is 4.25. The molecular weight excluding hydrogens is 290 g/mol. The van der Waals surface area contributed by atoms with Gasteiger partial charge in [-0.05, 0) is 19.1 Å². The van der Waals surface area contributed by atoms with Crippen LogP contribution >= 0.6 is 0 Å². The first-order valence-corrected chi connectivity index (χ1v) is 7.56. The minimum absolute atomic E-state index is 0.118. The first-order valence-electron chi connectivity index (χ1n) is 7.56. The van der Waals surface area contributed by atoms with Gasteiger partial charge < -0.3 is 10.2 Å². The van der Waals surface area contributed by atoms with E-state index in [4.69, 9.17) is 0 Å². The zero-order valence-corrected chi connectivity index (χ0v) is 14.2. The normalized spacial score (nSPS) is 12.6. The lowest BCUT2D eigenvalue weighted by molar-refractivity contribution is 0.207. The van der Waals surface area contributed by atoms with Crippen LogP contribution in [-0.2, 0) is 5.41 Å². The maximum atomic E-state index is 12.3. The number of nitrogens with zero attached hydrogens (tertiary/aromatic N) is 4. The van der Waals surface area contributed by atoms with Crippen molar-refractivity contribution in [3.8, 4) is 0 Å². The quantitative estimate of drug-likeness (QED) is 0.943. The van der Waals surface area contributed by atoms with E-state index in [9.17, 15) is 4.79 Å². The molecular formula is C17H23N5O. The maximum Gasteiger partial charge on any atom is 0.322 e. The molecule has 0 saturated carbocycles. The van der Waals surface area contributed by atoms with Crippen LogP contribution in [0.5, 0.6) is 0 Å². The van der Waals surface area contributed by atoms with Crippen molar-refractivity contribution in [2.24, 2.45) is 0 Å². The van der Waals surface area contributed by atoms with E-state index in [-0.39, 0.29) is 17.5 Å². The zero-order valence-electron chi connectivity index (χ0n) is 14.2. The molecule has 0 aliphatic heterocycles. The first-order chi connectivity index (χ1) is 10.8. The number of anilines is 1. The smallest absolute Gasteiger partial charge is 0.319 e. The molecule has 6 heteroatoms. The van der Waals surface area contributed by atoms with Crippen LogP contribution < -0.4 is 5.32 Å². The summed E-state index contributed by atoms with van der Waals surface area (Å²) in [5, 5.41) is 2.81. The van der Waals surface area contributed by atoms with Crippen LogP contribution in [0.4, 0.5) is 10.5 Å². The summed E-state index contributed by atoms with van der Waals surface area (Å²) in [6.07, 6.45) is 4.98. The molecule has 0 spiro atoms. The van der Waals surface area contributed by atoms with Gasteiger partial charge in [0, 0.05) is 18.7 Å². The fraction of sp³-hybridized carbons (Fsp3) is 0.412. The lowest BCUT2D eigenvalue weighted by Gasteiger charge is -2.24. The summed E-state index contributed by atoms with van der Waals surface area (Å²) in [6.45, 7) is 8.07. The van der Waals surface area contributed by atoms with Crippen molar-refractivity contribution in [1.82, 2.24) is 19.9 Å². The van der Waals surface area contributed by atoms with Crippen molar-refractivity contribution in [2.45, 2.75) is 39.2 Å². The lowest BCUT2D eigenvalue weighted by Crippen LogP contribution is -2.34. The highest BCUT2D eigenvalue weighted by atomic mass is 16.2. The molecule has 6 nitrogen and oxygen atoms in total. The van der Waals surface area contributed by atoms with E-state index in [0.29, 0.717) is 5.69 Å². The SMILES string of the molecule is CC(c1ccccn1)N(C)C(=O)Nc1cnc(C(C)(C)C)nc1. The van der Waals surface area contributed by atoms with E-state index in [1.807, 2.05) is 45.9 Å². The van der Waals surface area contributed by atoms with Crippen LogP contribution in [0.25, 0.3) is 0 Å². The van der Waals surface area contributed by atoms with Gasteiger partial charge in [-0.1, -0.05) is 26.8 Å². The summed E-state index contributed by atoms with van der Waals surface area (Å²) in [5.74, 6) is 0.741. The van der Waals surface area contributed by atoms with E-state index < -0.39 is 0 Å². The number of aromatic nitrogens is 3. The minimum atomic E-state index is -0.227. The Morgan fingerprint density at radius 2 is 1.83 bits per heavy atom. The standard InChI is InChI=1S/C17H23N5O/c1-12(14-8-6-7-9-18-14)22(5)16(23)21-13-10-19-15(20-11-13)17(2,3)4/h6-12H,1-5H3,(H,21,23). The van der Waals surface area contributed by atoms with E-state index >= 15 is 0 Å². The van der Waals surface area contributed by atoms with Crippen LogP contribution in [0, 0.1) is 0 Å². The highest BCUT2D eigenvalue weighted by Gasteiger charge is 2.20. The molecule has 1 unspecified atom stereocenters. The first kappa shape index (κ1) is 16.9. The van der Waals surface area contributed by atoms with Gasteiger partial charge in [0.05, 0.1) is 29.8 Å². The van der Waals surface area contributed by atoms with Gasteiger partial charge >= 0.3 is 6.03 Å². The van der Waals surface area contributed by atoms with Gasteiger partial charge in [0.15, 0.2) is 0 Å². The Labute approximate surface area is 137 Å². The van der Waals surface area contributed by atoms with Crippen molar-refractivity contribution < 1.29 is 4.79 Å². The Balaban J connectivity index is 2.04. The molecule has 0 saturated heterocycles. The Hall–Kier alpha value is -2.50. The van der Waals surface area contributed by atoms with E-state index in [0.717, 1.165) is 11.5 Å². The molecule has 0 radical (unpaired) electrons. The van der Waals surface area contributed by atoms with Crippen LogP contribution in [0.1, 0.15) is 45.3 Å². The zero-order chi connectivity index (χ0) is 17.0. The van der Waals surface area contributed by atoms with Gasteiger partial charge in [-0.3, -0.25) is 4.98 Å². The summed E-state index contributed by atoms with van der Waals surface area (Å²) < 4.78 is 0. The largest absolute Gasteiger partial charge is 0.322 e. The second-order valence-electron chi connectivity index (χ2n) is 6.52. The monoisotopic (exact) mass is 313 g/mol. The number of rotatable bonds is 3. The third-order valence-electron chi connectivity index (χ3n) is 3.59. The number of amides is 2. The number of urea groups is 1. The summed E-state index contributed by atoms with van der Waals surface area (Å²) in [4.78, 5) is 26.8. The van der Waals surface area contributed by atoms with E-state index in [1.165, 1.54) is 0 Å². The molecule has 1 N–H and O–H groups in total. The Morgan fingerprint density at radius 3 is 2.35 bits per heavy atom. The number of nitrogens with one attached hydrogen (secondary N) is 1.